The van der Waals surface area contributed by atoms with Gasteiger partial charge in [-0.2, -0.15) is 0 Å². The Morgan fingerprint density at radius 2 is 1.93 bits per heavy atom. The molecule has 0 spiro atoms. The Kier molecular flexibility index (Phi) is 5.41. The number of halogens is 1. The molecule has 1 aromatic heterocycles. The molecule has 0 aliphatic rings. The Morgan fingerprint density at radius 1 is 1.19 bits per heavy atom. The van der Waals surface area contributed by atoms with Gasteiger partial charge >= 0.3 is 6.03 Å². The summed E-state index contributed by atoms with van der Waals surface area (Å²) in [6, 6.07) is 9.92. The van der Waals surface area contributed by atoms with Gasteiger partial charge in [0.25, 0.3) is 0 Å². The summed E-state index contributed by atoms with van der Waals surface area (Å²) in [5, 5.41) is 5.51. The van der Waals surface area contributed by atoms with Gasteiger partial charge < -0.3 is 10.6 Å². The van der Waals surface area contributed by atoms with Gasteiger partial charge in [0.15, 0.2) is 0 Å². The van der Waals surface area contributed by atoms with Gasteiger partial charge in [-0.3, -0.25) is 0 Å². The molecule has 142 valence electrons. The maximum Gasteiger partial charge on any atom is 0.323 e. The number of nitrogens with one attached hydrogen (secondary N) is 2. The van der Waals surface area contributed by atoms with Crippen LogP contribution in [0.1, 0.15) is 19.4 Å². The second-order valence-electron chi connectivity index (χ2n) is 6.25. The van der Waals surface area contributed by atoms with Gasteiger partial charge in [-0.25, -0.2) is 18.2 Å². The zero-order valence-corrected chi connectivity index (χ0v) is 17.3. The molecule has 6 nitrogen and oxygen atoms in total. The van der Waals surface area contributed by atoms with Crippen molar-refractivity contribution in [1.29, 1.82) is 0 Å². The molecule has 2 N–H and O–H groups in total. The van der Waals surface area contributed by atoms with Crippen LogP contribution in [0.2, 0.25) is 5.02 Å². The number of rotatable bonds is 4. The third-order valence-corrected chi connectivity index (χ3v) is 8.00. The number of carbonyl (C=O) groups is 1. The number of carbonyl (C=O) groups excluding carboxylic acids is 1. The average molecular weight is 424 g/mol. The molecular weight excluding hydrogens is 406 g/mol. The van der Waals surface area contributed by atoms with Crippen LogP contribution in [0.3, 0.4) is 0 Å². The second-order valence-corrected chi connectivity index (χ2v) is 10.4. The standard InChI is InChI=1S/C18H18ClN3O3S2/c1-10(2)27(24,25)18-22-15-8-7-12(9-16(15)26-18)20-17(23)21-14-6-4-5-13(19)11(14)3/h4-10H,1-3H3,(H2,20,21,23). The van der Waals surface area contributed by atoms with Gasteiger partial charge in [-0.15, -0.1) is 11.3 Å². The van der Waals surface area contributed by atoms with Crippen molar-refractivity contribution < 1.29 is 13.2 Å². The molecule has 0 fully saturated rings. The Balaban J connectivity index is 1.81. The molecule has 9 heteroatoms. The lowest BCUT2D eigenvalue weighted by atomic mass is 10.2. The summed E-state index contributed by atoms with van der Waals surface area (Å²) in [6.45, 7) is 5.06. The Morgan fingerprint density at radius 3 is 2.63 bits per heavy atom. The highest BCUT2D eigenvalue weighted by Crippen LogP contribution is 2.30. The van der Waals surface area contributed by atoms with E-state index in [9.17, 15) is 13.2 Å². The predicted octanol–water partition coefficient (Wildman–Crippen LogP) is 5.08. The number of fused-ring (bicyclic) bond motifs is 1. The lowest BCUT2D eigenvalue weighted by molar-refractivity contribution is 0.262. The molecule has 0 saturated carbocycles. The van der Waals surface area contributed by atoms with Crippen LogP contribution in [-0.4, -0.2) is 24.7 Å². The molecule has 0 bridgehead atoms. The molecule has 1 heterocycles. The molecule has 0 aliphatic carbocycles. The van der Waals surface area contributed by atoms with Crippen molar-refractivity contribution in [1.82, 2.24) is 4.98 Å². The Hall–Kier alpha value is -2.16. The summed E-state index contributed by atoms with van der Waals surface area (Å²) in [6.07, 6.45) is 0. The van der Waals surface area contributed by atoms with E-state index in [1.54, 1.807) is 50.2 Å². The first-order valence-electron chi connectivity index (χ1n) is 8.16. The molecule has 0 saturated heterocycles. The van der Waals surface area contributed by atoms with Crippen LogP contribution in [0.25, 0.3) is 10.2 Å². The number of sulfone groups is 1. The van der Waals surface area contributed by atoms with Gasteiger partial charge in [-0.1, -0.05) is 17.7 Å². The summed E-state index contributed by atoms with van der Waals surface area (Å²) >= 11 is 7.15. The number of aromatic nitrogens is 1. The maximum atomic E-state index is 12.3. The van der Waals surface area contributed by atoms with Crippen molar-refractivity contribution in [3.05, 3.63) is 47.0 Å². The average Bonchev–Trinajstić information content (AvgIpc) is 3.03. The van der Waals surface area contributed by atoms with E-state index in [4.69, 9.17) is 11.6 Å². The van der Waals surface area contributed by atoms with Crippen LogP contribution in [0, 0.1) is 6.92 Å². The van der Waals surface area contributed by atoms with Gasteiger partial charge in [0, 0.05) is 16.4 Å². The van der Waals surface area contributed by atoms with E-state index >= 15 is 0 Å². The number of hydrogen-bond donors (Lipinski definition) is 2. The molecular formula is C18H18ClN3O3S2. The predicted molar refractivity (Wildman–Crippen MR) is 111 cm³/mol. The number of urea groups is 1. The molecule has 27 heavy (non-hydrogen) atoms. The van der Waals surface area contributed by atoms with Gasteiger partial charge in [0.05, 0.1) is 15.5 Å². The molecule has 3 rings (SSSR count). The van der Waals surface area contributed by atoms with Crippen molar-refractivity contribution in [2.24, 2.45) is 0 Å². The monoisotopic (exact) mass is 423 g/mol. The highest BCUT2D eigenvalue weighted by Gasteiger charge is 2.23. The number of anilines is 2. The van der Waals surface area contributed by atoms with Gasteiger partial charge in [0.1, 0.15) is 0 Å². The minimum atomic E-state index is -3.43. The Labute approximate surface area is 166 Å². The molecule has 0 aliphatic heterocycles. The molecule has 2 amide bonds. The van der Waals surface area contributed by atoms with Crippen LogP contribution < -0.4 is 10.6 Å². The number of benzene rings is 2. The SMILES string of the molecule is Cc1c(Cl)cccc1NC(=O)Nc1ccc2nc(S(=O)(=O)C(C)C)sc2c1. The van der Waals surface area contributed by atoms with E-state index < -0.39 is 21.1 Å². The second kappa shape index (κ2) is 7.46. The first kappa shape index (κ1) is 19.6. The third-order valence-electron chi connectivity index (χ3n) is 4.01. The van der Waals surface area contributed by atoms with E-state index in [0.29, 0.717) is 26.6 Å². The lowest BCUT2D eigenvalue weighted by Crippen LogP contribution is -2.19. The van der Waals surface area contributed by atoms with Crippen LogP contribution in [0.4, 0.5) is 16.2 Å². The minimum absolute atomic E-state index is 0.0867. The Bertz CT molecular complexity index is 1120. The molecule has 0 radical (unpaired) electrons. The first-order valence-corrected chi connectivity index (χ1v) is 10.9. The summed E-state index contributed by atoms with van der Waals surface area (Å²) in [5.74, 6) is 0. The van der Waals surface area contributed by atoms with E-state index in [2.05, 4.69) is 15.6 Å². The van der Waals surface area contributed by atoms with Crippen LogP contribution in [0.5, 0.6) is 0 Å². The summed E-state index contributed by atoms with van der Waals surface area (Å²) < 4.78 is 25.3. The van der Waals surface area contributed by atoms with Crippen molar-refractivity contribution >= 4 is 60.4 Å². The zero-order chi connectivity index (χ0) is 19.8. The minimum Gasteiger partial charge on any atom is -0.308 e. The van der Waals surface area contributed by atoms with E-state index in [1.807, 2.05) is 6.92 Å². The van der Waals surface area contributed by atoms with E-state index in [0.717, 1.165) is 16.9 Å². The number of hydrogen-bond acceptors (Lipinski definition) is 5. The smallest absolute Gasteiger partial charge is 0.308 e. The van der Waals surface area contributed by atoms with Gasteiger partial charge in [-0.05, 0) is 56.7 Å². The van der Waals surface area contributed by atoms with Crippen LogP contribution in [0.15, 0.2) is 40.7 Å². The zero-order valence-electron chi connectivity index (χ0n) is 14.9. The third kappa shape index (κ3) is 4.07. The quantitative estimate of drug-likeness (QED) is 0.612. The first-order chi connectivity index (χ1) is 12.7. The highest BCUT2D eigenvalue weighted by atomic mass is 35.5. The molecule has 0 unspecified atom stereocenters. The summed E-state index contributed by atoms with van der Waals surface area (Å²) in [5.41, 5.74) is 2.51. The molecule has 0 atom stereocenters. The van der Waals surface area contributed by atoms with Crippen LogP contribution >= 0.6 is 22.9 Å². The fourth-order valence-electron chi connectivity index (χ4n) is 2.33. The highest BCUT2D eigenvalue weighted by molar-refractivity contribution is 7.94. The maximum absolute atomic E-state index is 12.3. The normalized spacial score (nSPS) is 11.7. The summed E-state index contributed by atoms with van der Waals surface area (Å²) in [7, 11) is -3.43. The number of amides is 2. The van der Waals surface area contributed by atoms with E-state index in [1.165, 1.54) is 0 Å². The van der Waals surface area contributed by atoms with Gasteiger partial charge in [0.2, 0.25) is 14.2 Å². The number of thiazole rings is 1. The van der Waals surface area contributed by atoms with Crippen molar-refractivity contribution in [2.45, 2.75) is 30.4 Å². The van der Waals surface area contributed by atoms with Crippen LogP contribution in [-0.2, 0) is 9.84 Å². The van der Waals surface area contributed by atoms with Crippen molar-refractivity contribution in [3.8, 4) is 0 Å². The lowest BCUT2D eigenvalue weighted by Gasteiger charge is -2.10. The fraction of sp³-hybridized carbons (Fsp3) is 0.222. The van der Waals surface area contributed by atoms with Crippen molar-refractivity contribution in [2.75, 3.05) is 10.6 Å². The van der Waals surface area contributed by atoms with E-state index in [-0.39, 0.29) is 4.34 Å². The fourth-order valence-corrected chi connectivity index (χ4v) is 5.18. The largest absolute Gasteiger partial charge is 0.323 e. The topological polar surface area (TPSA) is 88.2 Å². The summed E-state index contributed by atoms with van der Waals surface area (Å²) in [4.78, 5) is 16.5. The molecule has 3 aromatic rings. The number of nitrogens with zero attached hydrogens (tertiary/aromatic N) is 1. The molecule has 2 aromatic carbocycles. The van der Waals surface area contributed by atoms with Crippen molar-refractivity contribution in [3.63, 3.8) is 0 Å².